The summed E-state index contributed by atoms with van der Waals surface area (Å²) in [6.07, 6.45) is 3.66. The van der Waals surface area contributed by atoms with E-state index in [-0.39, 0.29) is 5.41 Å². The van der Waals surface area contributed by atoms with Crippen molar-refractivity contribution < 1.29 is 4.39 Å². The zero-order valence-electron chi connectivity index (χ0n) is 9.78. The third-order valence-corrected chi connectivity index (χ3v) is 3.18. The predicted octanol–water partition coefficient (Wildman–Crippen LogP) is 3.15. The second-order valence-corrected chi connectivity index (χ2v) is 5.62. The number of nitrogens with one attached hydrogen (secondary N) is 1. The monoisotopic (exact) mass is 201 g/mol. The molecule has 0 aliphatic carbocycles. The van der Waals surface area contributed by atoms with Gasteiger partial charge in [-0.1, -0.05) is 20.8 Å². The van der Waals surface area contributed by atoms with Crippen molar-refractivity contribution in [3.8, 4) is 0 Å². The maximum Gasteiger partial charge on any atom is 0.105 e. The minimum Gasteiger partial charge on any atom is -0.317 e. The zero-order chi connectivity index (χ0) is 10.6. The lowest BCUT2D eigenvalue weighted by molar-refractivity contribution is 0.127. The lowest BCUT2D eigenvalue weighted by atomic mass is 9.82. The minimum atomic E-state index is -0.648. The van der Waals surface area contributed by atoms with E-state index in [1.807, 2.05) is 20.8 Å². The van der Waals surface area contributed by atoms with Crippen LogP contribution in [0.1, 0.15) is 46.5 Å². The molecule has 0 aromatic carbocycles. The molecule has 2 atom stereocenters. The van der Waals surface area contributed by atoms with E-state index in [0.29, 0.717) is 5.92 Å². The van der Waals surface area contributed by atoms with Gasteiger partial charge in [0.15, 0.2) is 0 Å². The summed E-state index contributed by atoms with van der Waals surface area (Å²) in [5, 5.41) is 3.37. The average Bonchev–Trinajstić information content (AvgIpc) is 2.31. The van der Waals surface area contributed by atoms with Crippen molar-refractivity contribution in [3.63, 3.8) is 0 Å². The molecule has 0 aromatic heterocycles. The Kier molecular flexibility index (Phi) is 4.36. The van der Waals surface area contributed by atoms with E-state index in [1.54, 1.807) is 0 Å². The molecule has 1 heterocycles. The van der Waals surface area contributed by atoms with Gasteiger partial charge < -0.3 is 5.32 Å². The van der Waals surface area contributed by atoms with Gasteiger partial charge in [-0.2, -0.15) is 0 Å². The van der Waals surface area contributed by atoms with E-state index in [0.717, 1.165) is 25.9 Å². The van der Waals surface area contributed by atoms with Gasteiger partial charge in [-0.15, -0.1) is 0 Å². The van der Waals surface area contributed by atoms with E-state index in [4.69, 9.17) is 0 Å². The van der Waals surface area contributed by atoms with E-state index < -0.39 is 6.17 Å². The van der Waals surface area contributed by atoms with Crippen LogP contribution in [0.4, 0.5) is 4.39 Å². The fourth-order valence-electron chi connectivity index (χ4n) is 1.97. The Morgan fingerprint density at radius 3 is 2.64 bits per heavy atom. The molecule has 2 heteroatoms. The van der Waals surface area contributed by atoms with Crippen LogP contribution in [-0.4, -0.2) is 19.3 Å². The van der Waals surface area contributed by atoms with Crippen LogP contribution in [0.15, 0.2) is 0 Å². The van der Waals surface area contributed by atoms with E-state index in [2.05, 4.69) is 5.32 Å². The molecule has 0 spiro atoms. The molecule has 84 valence electrons. The molecule has 14 heavy (non-hydrogen) atoms. The Labute approximate surface area is 87.5 Å². The lowest BCUT2D eigenvalue weighted by Gasteiger charge is -2.27. The van der Waals surface area contributed by atoms with Crippen LogP contribution in [0.5, 0.6) is 0 Å². The molecular formula is C12H24FN. The molecule has 1 saturated heterocycles. The SMILES string of the molecule is CC(C)(C)C(F)CC1CCCNCC1. The standard InChI is InChI=1S/C12H24FN/c1-12(2,3)11(13)9-10-5-4-7-14-8-6-10/h10-11,14H,4-9H2,1-3H3. The van der Waals surface area contributed by atoms with Gasteiger partial charge in [0.2, 0.25) is 0 Å². The summed E-state index contributed by atoms with van der Waals surface area (Å²) in [7, 11) is 0. The fourth-order valence-corrected chi connectivity index (χ4v) is 1.97. The smallest absolute Gasteiger partial charge is 0.105 e. The topological polar surface area (TPSA) is 12.0 Å². The summed E-state index contributed by atoms with van der Waals surface area (Å²) < 4.78 is 13.8. The van der Waals surface area contributed by atoms with Crippen molar-refractivity contribution in [1.82, 2.24) is 5.32 Å². The normalized spacial score (nSPS) is 27.0. The maximum absolute atomic E-state index is 13.8. The van der Waals surface area contributed by atoms with Gasteiger partial charge in [-0.3, -0.25) is 0 Å². The first-order valence-electron chi connectivity index (χ1n) is 5.85. The molecule has 0 saturated carbocycles. The van der Waals surface area contributed by atoms with Gasteiger partial charge in [0.05, 0.1) is 0 Å². The Balaban J connectivity index is 2.34. The highest BCUT2D eigenvalue weighted by atomic mass is 19.1. The van der Waals surface area contributed by atoms with E-state index in [1.165, 1.54) is 12.8 Å². The number of halogens is 1. The van der Waals surface area contributed by atoms with E-state index in [9.17, 15) is 4.39 Å². The van der Waals surface area contributed by atoms with Crippen LogP contribution >= 0.6 is 0 Å². The summed E-state index contributed by atoms with van der Waals surface area (Å²) in [6.45, 7) is 8.16. The molecule has 0 radical (unpaired) electrons. The number of hydrogen-bond donors (Lipinski definition) is 1. The van der Waals surface area contributed by atoms with Gasteiger partial charge in [0.1, 0.15) is 6.17 Å². The highest BCUT2D eigenvalue weighted by Crippen LogP contribution is 2.30. The molecule has 1 N–H and O–H groups in total. The second kappa shape index (κ2) is 5.11. The number of rotatable bonds is 2. The van der Waals surface area contributed by atoms with Crippen LogP contribution in [0.25, 0.3) is 0 Å². The first-order chi connectivity index (χ1) is 6.50. The quantitative estimate of drug-likeness (QED) is 0.723. The lowest BCUT2D eigenvalue weighted by Crippen LogP contribution is -2.25. The highest BCUT2D eigenvalue weighted by Gasteiger charge is 2.27. The second-order valence-electron chi connectivity index (χ2n) is 5.62. The van der Waals surface area contributed by atoms with E-state index >= 15 is 0 Å². The first kappa shape index (κ1) is 12.0. The Hall–Kier alpha value is -0.110. The van der Waals surface area contributed by atoms with Crippen molar-refractivity contribution in [1.29, 1.82) is 0 Å². The molecule has 0 amide bonds. The Morgan fingerprint density at radius 1 is 1.29 bits per heavy atom. The van der Waals surface area contributed by atoms with Gasteiger partial charge in [0.25, 0.3) is 0 Å². The van der Waals surface area contributed by atoms with Crippen LogP contribution in [-0.2, 0) is 0 Å². The molecule has 2 unspecified atom stereocenters. The Morgan fingerprint density at radius 2 is 2.00 bits per heavy atom. The highest BCUT2D eigenvalue weighted by molar-refractivity contribution is 4.78. The zero-order valence-corrected chi connectivity index (χ0v) is 9.78. The predicted molar refractivity (Wildman–Crippen MR) is 59.2 cm³/mol. The molecule has 1 aliphatic heterocycles. The summed E-state index contributed by atoms with van der Waals surface area (Å²) in [5.41, 5.74) is -0.181. The fraction of sp³-hybridized carbons (Fsp3) is 1.00. The average molecular weight is 201 g/mol. The first-order valence-corrected chi connectivity index (χ1v) is 5.85. The molecule has 0 aromatic rings. The van der Waals surface area contributed by atoms with Crippen LogP contribution < -0.4 is 5.32 Å². The molecule has 1 nitrogen and oxygen atoms in total. The van der Waals surface area contributed by atoms with Crippen LogP contribution in [0.2, 0.25) is 0 Å². The molecule has 0 bridgehead atoms. The number of alkyl halides is 1. The summed E-state index contributed by atoms with van der Waals surface area (Å²) >= 11 is 0. The largest absolute Gasteiger partial charge is 0.317 e. The molecular weight excluding hydrogens is 177 g/mol. The third-order valence-electron chi connectivity index (χ3n) is 3.18. The Bertz CT molecular complexity index is 154. The van der Waals surface area contributed by atoms with Gasteiger partial charge in [0, 0.05) is 0 Å². The summed E-state index contributed by atoms with van der Waals surface area (Å²) in [5.74, 6) is 0.597. The molecule has 1 rings (SSSR count). The van der Waals surface area contributed by atoms with Crippen molar-refractivity contribution in [3.05, 3.63) is 0 Å². The maximum atomic E-state index is 13.8. The van der Waals surface area contributed by atoms with Crippen LogP contribution in [0.3, 0.4) is 0 Å². The van der Waals surface area contributed by atoms with Crippen molar-refractivity contribution in [2.24, 2.45) is 11.3 Å². The van der Waals surface area contributed by atoms with Crippen molar-refractivity contribution in [2.45, 2.75) is 52.6 Å². The third kappa shape index (κ3) is 3.95. The minimum absolute atomic E-state index is 0.181. The van der Waals surface area contributed by atoms with Gasteiger partial charge >= 0.3 is 0 Å². The van der Waals surface area contributed by atoms with Gasteiger partial charge in [-0.25, -0.2) is 4.39 Å². The summed E-state index contributed by atoms with van der Waals surface area (Å²) in [4.78, 5) is 0. The van der Waals surface area contributed by atoms with Crippen LogP contribution in [0, 0.1) is 11.3 Å². The van der Waals surface area contributed by atoms with Gasteiger partial charge in [-0.05, 0) is 50.1 Å². The summed E-state index contributed by atoms with van der Waals surface area (Å²) in [6, 6.07) is 0. The van der Waals surface area contributed by atoms with Crippen molar-refractivity contribution in [2.75, 3.05) is 13.1 Å². The number of hydrogen-bond acceptors (Lipinski definition) is 1. The molecule has 1 aliphatic rings. The van der Waals surface area contributed by atoms with Crippen molar-refractivity contribution >= 4 is 0 Å². The molecule has 1 fully saturated rings.